The number of thioether (sulfide) groups is 1. The van der Waals surface area contributed by atoms with Crippen LogP contribution in [0, 0.1) is 0 Å². The molecular weight excluding hydrogens is 350 g/mol. The molecule has 1 heterocycles. The van der Waals surface area contributed by atoms with Crippen LogP contribution >= 0.6 is 11.8 Å². The molecule has 24 heavy (non-hydrogen) atoms. The van der Waals surface area contributed by atoms with Gasteiger partial charge in [-0.05, 0) is 18.2 Å². The Kier molecular flexibility index (Phi) is 6.77. The lowest BCUT2D eigenvalue weighted by molar-refractivity contribution is -0.125. The minimum atomic E-state index is -3.13. The first kappa shape index (κ1) is 18.4. The van der Waals surface area contributed by atoms with Crippen LogP contribution in [-0.2, 0) is 4.79 Å². The van der Waals surface area contributed by atoms with E-state index in [1.807, 2.05) is 0 Å². The molecule has 0 radical (unpaired) electrons. The second kappa shape index (κ2) is 8.81. The Morgan fingerprint density at radius 3 is 2.42 bits per heavy atom. The largest absolute Gasteiger partial charge is 0.435 e. The van der Waals surface area contributed by atoms with Crippen molar-refractivity contribution in [3.8, 4) is 11.5 Å². The molecule has 0 spiro atoms. The van der Waals surface area contributed by atoms with Gasteiger partial charge in [0.25, 0.3) is 0 Å². The number of amides is 1. The van der Waals surface area contributed by atoms with Crippen LogP contribution < -0.4 is 9.47 Å². The molecule has 4 nitrogen and oxygen atoms in total. The van der Waals surface area contributed by atoms with Gasteiger partial charge in [0, 0.05) is 42.3 Å². The molecule has 1 aliphatic heterocycles. The predicted octanol–water partition coefficient (Wildman–Crippen LogP) is 3.48. The highest BCUT2D eigenvalue weighted by molar-refractivity contribution is 7.99. The number of carbonyl (C=O) groups is 1. The molecule has 1 fully saturated rings. The number of benzene rings is 1. The summed E-state index contributed by atoms with van der Waals surface area (Å²) in [6, 6.07) is 3.39. The van der Waals surface area contributed by atoms with Crippen molar-refractivity contribution in [1.29, 1.82) is 0 Å². The molecule has 0 N–H and O–H groups in total. The van der Waals surface area contributed by atoms with Gasteiger partial charge in [0.05, 0.1) is 0 Å². The first-order valence-electron chi connectivity index (χ1n) is 7.04. The van der Waals surface area contributed by atoms with Crippen molar-refractivity contribution >= 4 is 23.7 Å². The number of alkyl halides is 4. The number of rotatable bonds is 6. The molecule has 1 aromatic rings. The minimum absolute atomic E-state index is 0.164. The number of ether oxygens (including phenoxy) is 2. The third kappa shape index (κ3) is 5.63. The predicted molar refractivity (Wildman–Crippen MR) is 82.6 cm³/mol. The molecule has 9 heteroatoms. The lowest BCUT2D eigenvalue weighted by Gasteiger charge is -2.25. The first-order chi connectivity index (χ1) is 11.5. The van der Waals surface area contributed by atoms with Crippen molar-refractivity contribution in [1.82, 2.24) is 4.90 Å². The summed E-state index contributed by atoms with van der Waals surface area (Å²) in [5, 5.41) is 0. The summed E-state index contributed by atoms with van der Waals surface area (Å²) < 4.78 is 57.8. The van der Waals surface area contributed by atoms with Crippen molar-refractivity contribution in [3.63, 3.8) is 0 Å². The van der Waals surface area contributed by atoms with Gasteiger partial charge in [-0.1, -0.05) is 0 Å². The quantitative estimate of drug-likeness (QED) is 0.572. The van der Waals surface area contributed by atoms with E-state index in [9.17, 15) is 22.4 Å². The van der Waals surface area contributed by atoms with Crippen LogP contribution in [0.15, 0.2) is 24.3 Å². The molecule has 0 bridgehead atoms. The highest BCUT2D eigenvalue weighted by Gasteiger charge is 2.15. The number of hydrogen-bond acceptors (Lipinski definition) is 4. The summed E-state index contributed by atoms with van der Waals surface area (Å²) in [5.74, 6) is 0.794. The summed E-state index contributed by atoms with van der Waals surface area (Å²) in [5.41, 5.74) is 0.164. The number of carbonyl (C=O) groups excluding carboxylic acids is 1. The molecule has 1 aliphatic rings. The summed E-state index contributed by atoms with van der Waals surface area (Å²) in [4.78, 5) is 13.7. The summed E-state index contributed by atoms with van der Waals surface area (Å²) >= 11 is 1.75. The maximum atomic E-state index is 12.5. The smallest absolute Gasteiger partial charge is 0.387 e. The molecule has 0 saturated carbocycles. The Hall–Kier alpha value is -1.90. The molecule has 0 aliphatic carbocycles. The molecule has 1 aromatic carbocycles. The zero-order valence-corrected chi connectivity index (χ0v) is 13.3. The molecule has 1 saturated heterocycles. The lowest BCUT2D eigenvalue weighted by Crippen LogP contribution is -2.36. The summed E-state index contributed by atoms with van der Waals surface area (Å²) in [6.45, 7) is -4.97. The van der Waals surface area contributed by atoms with Crippen LogP contribution in [0.2, 0.25) is 0 Å². The lowest BCUT2D eigenvalue weighted by atomic mass is 10.1. The Morgan fingerprint density at radius 2 is 1.79 bits per heavy atom. The van der Waals surface area contributed by atoms with Crippen LogP contribution in [0.25, 0.3) is 6.08 Å². The maximum Gasteiger partial charge on any atom is 0.387 e. The van der Waals surface area contributed by atoms with E-state index in [0.29, 0.717) is 13.1 Å². The van der Waals surface area contributed by atoms with E-state index in [1.54, 1.807) is 16.7 Å². The van der Waals surface area contributed by atoms with Crippen molar-refractivity contribution < 1.29 is 31.8 Å². The van der Waals surface area contributed by atoms with Gasteiger partial charge in [-0.2, -0.15) is 29.3 Å². The van der Waals surface area contributed by atoms with E-state index in [0.717, 1.165) is 17.6 Å². The van der Waals surface area contributed by atoms with Crippen molar-refractivity contribution in [2.75, 3.05) is 24.6 Å². The molecule has 0 atom stereocenters. The van der Waals surface area contributed by atoms with Crippen molar-refractivity contribution in [2.24, 2.45) is 0 Å². The Balaban J connectivity index is 2.14. The Morgan fingerprint density at radius 1 is 1.12 bits per heavy atom. The van der Waals surface area contributed by atoms with Crippen molar-refractivity contribution in [2.45, 2.75) is 13.2 Å². The van der Waals surface area contributed by atoms with Gasteiger partial charge >= 0.3 is 13.2 Å². The van der Waals surface area contributed by atoms with Crippen LogP contribution in [0.4, 0.5) is 17.6 Å². The van der Waals surface area contributed by atoms with E-state index in [-0.39, 0.29) is 23.0 Å². The van der Waals surface area contributed by atoms with Gasteiger partial charge in [0.1, 0.15) is 11.5 Å². The van der Waals surface area contributed by atoms with Crippen LogP contribution in [0.3, 0.4) is 0 Å². The SMILES string of the molecule is O=C(/C=C/c1ccc(OC(F)F)cc1OC(F)F)N1CCSCC1. The maximum absolute atomic E-state index is 12.5. The number of nitrogens with zero attached hydrogens (tertiary/aromatic N) is 1. The first-order valence-corrected chi connectivity index (χ1v) is 8.19. The average Bonchev–Trinajstić information content (AvgIpc) is 2.53. The van der Waals surface area contributed by atoms with Crippen LogP contribution in [-0.4, -0.2) is 48.6 Å². The Bertz CT molecular complexity index is 592. The van der Waals surface area contributed by atoms with Gasteiger partial charge < -0.3 is 14.4 Å². The van der Waals surface area contributed by atoms with Crippen molar-refractivity contribution in [3.05, 3.63) is 29.8 Å². The third-order valence-corrected chi connectivity index (χ3v) is 4.10. The fraction of sp³-hybridized carbons (Fsp3) is 0.400. The fourth-order valence-corrected chi connectivity index (χ4v) is 2.98. The van der Waals surface area contributed by atoms with E-state index in [1.165, 1.54) is 24.3 Å². The number of hydrogen-bond donors (Lipinski definition) is 0. The molecule has 0 aromatic heterocycles. The Labute approximate surface area is 140 Å². The number of halogens is 4. The standard InChI is InChI=1S/C15H15F4NO3S/c16-14(17)22-11-3-1-10(12(9-11)23-15(18)19)2-4-13(21)20-5-7-24-8-6-20/h1-4,9,14-15H,5-8H2/b4-2+. The molecule has 132 valence electrons. The van der Waals surface area contributed by atoms with Gasteiger partial charge in [-0.25, -0.2) is 0 Å². The molecule has 0 unspecified atom stereocenters. The molecule has 2 rings (SSSR count). The zero-order chi connectivity index (χ0) is 17.5. The van der Waals surface area contributed by atoms with Crippen LogP contribution in [0.5, 0.6) is 11.5 Å². The second-order valence-electron chi connectivity index (χ2n) is 4.73. The van der Waals surface area contributed by atoms with Crippen LogP contribution in [0.1, 0.15) is 5.56 Å². The fourth-order valence-electron chi connectivity index (χ4n) is 2.08. The third-order valence-electron chi connectivity index (χ3n) is 3.15. The normalized spacial score (nSPS) is 15.3. The highest BCUT2D eigenvalue weighted by atomic mass is 32.2. The average molecular weight is 365 g/mol. The van der Waals surface area contributed by atoms with E-state index >= 15 is 0 Å². The molecule has 1 amide bonds. The second-order valence-corrected chi connectivity index (χ2v) is 5.95. The van der Waals surface area contributed by atoms with E-state index in [2.05, 4.69) is 9.47 Å². The van der Waals surface area contributed by atoms with E-state index in [4.69, 9.17) is 0 Å². The molecular formula is C15H15F4NO3S. The summed E-state index contributed by atoms with van der Waals surface area (Å²) in [7, 11) is 0. The zero-order valence-electron chi connectivity index (χ0n) is 12.5. The monoisotopic (exact) mass is 365 g/mol. The van der Waals surface area contributed by atoms with Gasteiger partial charge in [-0.15, -0.1) is 0 Å². The van der Waals surface area contributed by atoms with Gasteiger partial charge in [0.15, 0.2) is 0 Å². The van der Waals surface area contributed by atoms with Gasteiger partial charge in [0.2, 0.25) is 5.91 Å². The van der Waals surface area contributed by atoms with E-state index < -0.39 is 13.2 Å². The topological polar surface area (TPSA) is 38.8 Å². The van der Waals surface area contributed by atoms with Gasteiger partial charge in [-0.3, -0.25) is 4.79 Å². The summed E-state index contributed by atoms with van der Waals surface area (Å²) in [6.07, 6.45) is 2.56. The minimum Gasteiger partial charge on any atom is -0.435 e. The highest BCUT2D eigenvalue weighted by Crippen LogP contribution is 2.28.